The van der Waals surface area contributed by atoms with Crippen LogP contribution in [0.2, 0.25) is 0 Å². The first-order valence-electron chi connectivity index (χ1n) is 11.2. The highest BCUT2D eigenvalue weighted by atomic mass is 16.4. The summed E-state index contributed by atoms with van der Waals surface area (Å²) in [6, 6.07) is -5.31. The van der Waals surface area contributed by atoms with Crippen molar-refractivity contribution >= 4 is 35.6 Å². The number of hydrogen-bond acceptors (Lipinski definition) is 8. The third-order valence-corrected chi connectivity index (χ3v) is 4.98. The standard InChI is InChI=1S/C21H33N7O8/c1-10(2)5-14(20(34)28-15(21(35)36)7-17(30)31)27-19(33)13(3-4-16(23)29)26-18(32)12(22)6-11-8-24-9-25-11/h8-10,12-15H,3-7,22H2,1-2H3,(H2,23,29)(H,24,25)(H,26,32)(H,27,33)(H,28,34)(H,30,31)(H,35,36)/t12-,13-,14-,15-/m0/s1. The molecule has 200 valence electrons. The topological polar surface area (TPSA) is 260 Å². The smallest absolute Gasteiger partial charge is 0.326 e. The number of nitrogens with two attached hydrogens (primary N) is 2. The van der Waals surface area contributed by atoms with Crippen molar-refractivity contribution in [3.63, 3.8) is 0 Å². The van der Waals surface area contributed by atoms with Crippen LogP contribution in [0.5, 0.6) is 0 Å². The van der Waals surface area contributed by atoms with Crippen LogP contribution in [0.3, 0.4) is 0 Å². The van der Waals surface area contributed by atoms with Gasteiger partial charge in [-0.3, -0.25) is 24.0 Å². The second-order valence-electron chi connectivity index (χ2n) is 8.64. The van der Waals surface area contributed by atoms with E-state index in [0.29, 0.717) is 5.69 Å². The fourth-order valence-corrected chi connectivity index (χ4v) is 3.18. The molecular formula is C21H33N7O8. The third kappa shape index (κ3) is 10.9. The molecular weight excluding hydrogens is 478 g/mol. The SMILES string of the molecule is CC(C)C[C@H](NC(=O)[C@H](CCC(N)=O)NC(=O)[C@@H](N)Cc1cnc[nH]1)C(=O)N[C@@H](CC(=O)O)C(=O)O. The lowest BCUT2D eigenvalue weighted by Crippen LogP contribution is -2.57. The van der Waals surface area contributed by atoms with Crippen molar-refractivity contribution in [2.24, 2.45) is 17.4 Å². The van der Waals surface area contributed by atoms with E-state index < -0.39 is 66.2 Å². The number of carbonyl (C=O) groups excluding carboxylic acids is 4. The molecule has 1 aromatic rings. The Labute approximate surface area is 206 Å². The molecule has 4 amide bonds. The zero-order valence-electron chi connectivity index (χ0n) is 20.0. The van der Waals surface area contributed by atoms with E-state index in [-0.39, 0.29) is 31.6 Å². The minimum Gasteiger partial charge on any atom is -0.481 e. The number of aromatic nitrogens is 2. The number of carbonyl (C=O) groups is 6. The number of nitrogens with one attached hydrogen (secondary N) is 4. The lowest BCUT2D eigenvalue weighted by molar-refractivity contribution is -0.147. The van der Waals surface area contributed by atoms with E-state index in [9.17, 15) is 33.9 Å². The Kier molecular flexibility index (Phi) is 12.0. The van der Waals surface area contributed by atoms with Gasteiger partial charge < -0.3 is 42.6 Å². The maximum absolute atomic E-state index is 13.0. The van der Waals surface area contributed by atoms with Crippen LogP contribution in [0.4, 0.5) is 0 Å². The van der Waals surface area contributed by atoms with Crippen LogP contribution >= 0.6 is 0 Å². The van der Waals surface area contributed by atoms with E-state index in [1.807, 2.05) is 0 Å². The summed E-state index contributed by atoms with van der Waals surface area (Å²) in [5, 5.41) is 25.1. The van der Waals surface area contributed by atoms with Gasteiger partial charge in [0.05, 0.1) is 18.8 Å². The molecule has 15 heteroatoms. The van der Waals surface area contributed by atoms with Gasteiger partial charge >= 0.3 is 11.9 Å². The molecule has 0 aliphatic heterocycles. The maximum Gasteiger partial charge on any atom is 0.326 e. The molecule has 0 aliphatic carbocycles. The van der Waals surface area contributed by atoms with Crippen molar-refractivity contribution in [3.8, 4) is 0 Å². The average molecular weight is 512 g/mol. The number of imidazole rings is 1. The van der Waals surface area contributed by atoms with E-state index >= 15 is 0 Å². The number of carboxylic acid groups (broad SMARTS) is 2. The maximum atomic E-state index is 13.0. The highest BCUT2D eigenvalue weighted by Gasteiger charge is 2.31. The molecule has 1 rings (SSSR count). The highest BCUT2D eigenvalue weighted by molar-refractivity contribution is 5.94. The van der Waals surface area contributed by atoms with Crippen LogP contribution in [0.25, 0.3) is 0 Å². The van der Waals surface area contributed by atoms with Crippen LogP contribution < -0.4 is 27.4 Å². The first kappa shape index (κ1) is 30.0. The number of carboxylic acids is 2. The molecule has 4 atom stereocenters. The number of aromatic amines is 1. The molecule has 0 radical (unpaired) electrons. The molecule has 0 saturated heterocycles. The number of rotatable bonds is 16. The van der Waals surface area contributed by atoms with Crippen LogP contribution in [0.1, 0.15) is 45.2 Å². The molecule has 0 unspecified atom stereocenters. The fraction of sp³-hybridized carbons (Fsp3) is 0.571. The summed E-state index contributed by atoms with van der Waals surface area (Å²) in [7, 11) is 0. The summed E-state index contributed by atoms with van der Waals surface area (Å²) in [6.45, 7) is 3.50. The van der Waals surface area contributed by atoms with E-state index in [4.69, 9.17) is 16.6 Å². The van der Waals surface area contributed by atoms with Crippen molar-refractivity contribution in [1.29, 1.82) is 0 Å². The molecule has 0 aliphatic rings. The van der Waals surface area contributed by atoms with E-state index in [0.717, 1.165) is 0 Å². The first-order valence-corrected chi connectivity index (χ1v) is 11.2. The van der Waals surface area contributed by atoms with Gasteiger partial charge in [-0.1, -0.05) is 13.8 Å². The molecule has 15 nitrogen and oxygen atoms in total. The zero-order valence-corrected chi connectivity index (χ0v) is 20.0. The van der Waals surface area contributed by atoms with Crippen molar-refractivity contribution < 1.29 is 39.0 Å². The van der Waals surface area contributed by atoms with Gasteiger partial charge in [-0.15, -0.1) is 0 Å². The summed E-state index contributed by atoms with van der Waals surface area (Å²) in [5.41, 5.74) is 11.7. The van der Waals surface area contributed by atoms with E-state index in [2.05, 4.69) is 25.9 Å². The number of aliphatic carboxylic acids is 2. The van der Waals surface area contributed by atoms with Gasteiger partial charge in [0.1, 0.15) is 18.1 Å². The van der Waals surface area contributed by atoms with Crippen molar-refractivity contribution in [2.45, 2.75) is 70.1 Å². The van der Waals surface area contributed by atoms with E-state index in [1.165, 1.54) is 12.5 Å². The van der Waals surface area contributed by atoms with Gasteiger partial charge in [0.2, 0.25) is 23.6 Å². The van der Waals surface area contributed by atoms with Crippen molar-refractivity contribution in [1.82, 2.24) is 25.9 Å². The van der Waals surface area contributed by atoms with Gasteiger partial charge in [-0.25, -0.2) is 9.78 Å². The van der Waals surface area contributed by atoms with Gasteiger partial charge in [0, 0.05) is 24.7 Å². The van der Waals surface area contributed by atoms with Crippen LogP contribution in [0.15, 0.2) is 12.5 Å². The molecule has 0 spiro atoms. The number of hydrogen-bond donors (Lipinski definition) is 8. The Hall–Kier alpha value is -4.01. The molecule has 0 fully saturated rings. The largest absolute Gasteiger partial charge is 0.481 e. The Bertz CT molecular complexity index is 935. The Balaban J connectivity index is 2.99. The molecule has 36 heavy (non-hydrogen) atoms. The quantitative estimate of drug-likeness (QED) is 0.117. The number of amides is 4. The monoisotopic (exact) mass is 511 g/mol. The Morgan fingerprint density at radius 2 is 1.56 bits per heavy atom. The molecule has 10 N–H and O–H groups in total. The van der Waals surface area contributed by atoms with Crippen molar-refractivity contribution in [2.75, 3.05) is 0 Å². The van der Waals surface area contributed by atoms with Gasteiger partial charge in [-0.05, 0) is 18.8 Å². The molecule has 0 bridgehead atoms. The average Bonchev–Trinajstić information content (AvgIpc) is 3.27. The normalized spacial score (nSPS) is 14.2. The van der Waals surface area contributed by atoms with Gasteiger partial charge in [0.25, 0.3) is 0 Å². The Morgan fingerprint density at radius 1 is 0.972 bits per heavy atom. The second-order valence-corrected chi connectivity index (χ2v) is 8.64. The fourth-order valence-electron chi connectivity index (χ4n) is 3.18. The first-order chi connectivity index (χ1) is 16.8. The number of primary amides is 1. The van der Waals surface area contributed by atoms with Gasteiger partial charge in [0.15, 0.2) is 0 Å². The van der Waals surface area contributed by atoms with Crippen LogP contribution in [-0.2, 0) is 35.2 Å². The minimum atomic E-state index is -1.72. The number of nitrogens with zero attached hydrogens (tertiary/aromatic N) is 1. The predicted octanol–water partition coefficient (Wildman–Crippen LogP) is -2.40. The lowest BCUT2D eigenvalue weighted by atomic mass is 10.0. The van der Waals surface area contributed by atoms with Gasteiger partial charge in [-0.2, -0.15) is 0 Å². The lowest BCUT2D eigenvalue weighted by Gasteiger charge is -2.25. The molecule has 1 heterocycles. The zero-order chi connectivity index (χ0) is 27.4. The Morgan fingerprint density at radius 3 is 2.06 bits per heavy atom. The van der Waals surface area contributed by atoms with Crippen LogP contribution in [-0.4, -0.2) is 79.9 Å². The second kappa shape index (κ2) is 14.4. The molecule has 1 aromatic heterocycles. The summed E-state index contributed by atoms with van der Waals surface area (Å²) >= 11 is 0. The van der Waals surface area contributed by atoms with E-state index in [1.54, 1.807) is 13.8 Å². The highest BCUT2D eigenvalue weighted by Crippen LogP contribution is 2.08. The molecule has 0 saturated carbocycles. The molecule has 0 aromatic carbocycles. The third-order valence-electron chi connectivity index (χ3n) is 4.98. The van der Waals surface area contributed by atoms with Crippen LogP contribution in [0, 0.1) is 5.92 Å². The number of H-pyrrole nitrogens is 1. The van der Waals surface area contributed by atoms with Crippen molar-refractivity contribution in [3.05, 3.63) is 18.2 Å². The summed E-state index contributed by atoms with van der Waals surface area (Å²) in [5.74, 6) is -6.30. The minimum absolute atomic E-state index is 0.0762. The predicted molar refractivity (Wildman–Crippen MR) is 124 cm³/mol. The summed E-state index contributed by atoms with van der Waals surface area (Å²) in [6.07, 6.45) is 1.75. The summed E-state index contributed by atoms with van der Waals surface area (Å²) < 4.78 is 0. The summed E-state index contributed by atoms with van der Waals surface area (Å²) in [4.78, 5) is 78.5.